The van der Waals surface area contributed by atoms with Crippen LogP contribution in [0, 0.1) is 55.4 Å². The van der Waals surface area contributed by atoms with E-state index in [1.807, 2.05) is 147 Å². The van der Waals surface area contributed by atoms with Gasteiger partial charge in [-0.25, -0.2) is 15.0 Å². The average Bonchev–Trinajstić information content (AvgIpc) is 1.53. The highest BCUT2D eigenvalue weighted by Gasteiger charge is 2.34. The Hall–Kier alpha value is -6.25. The molecule has 1 unspecified atom stereocenters. The standard InChI is InChI=1S/C78H54N4S16/c1-37-33-65(95-73(37)59-27-19-49(89-59)45-13-9-41(5)83-45)53-17-25-57(87-53)69-71-72(82-77(79-69)63-31-23-55(93-63)67-35-39(3)75(97-67)61-29-21-51(91-61)47-15-11-43(7)85-47)70(58-26-18-54(88-58)66-34-38(2)74(96-66)60-28-20-50(90-60)46-14-10-42(6)84-46)80-78(81-71)64-32-24-56(94-64)68-36-40(4)76(98-68)62-30-22-52(92-62)48-16-12-44(8)86-48/h9-36,69H,1-8H3,(H,79,82). The van der Waals surface area contributed by atoms with Crippen LogP contribution >= 0.6 is 181 Å². The third kappa shape index (κ3) is 12.1. The summed E-state index contributed by atoms with van der Waals surface area (Å²) < 4.78 is 0. The summed E-state index contributed by atoms with van der Waals surface area (Å²) in [6.07, 6.45) is 0. The minimum atomic E-state index is -0.334. The van der Waals surface area contributed by atoms with Crippen molar-refractivity contribution in [2.75, 3.05) is 0 Å². The van der Waals surface area contributed by atoms with Gasteiger partial charge >= 0.3 is 0 Å². The van der Waals surface area contributed by atoms with E-state index in [4.69, 9.17) is 15.0 Å². The van der Waals surface area contributed by atoms with Crippen LogP contribution in [-0.4, -0.2) is 15.8 Å². The van der Waals surface area contributed by atoms with Crippen molar-refractivity contribution >= 4 is 193 Å². The van der Waals surface area contributed by atoms with E-state index in [0.29, 0.717) is 5.82 Å². The molecule has 1 aliphatic rings. The number of aryl methyl sites for hydroxylation is 8. The first-order valence-electron chi connectivity index (χ1n) is 31.5. The van der Waals surface area contributed by atoms with Gasteiger partial charge in [-0.05, 0) is 248 Å². The van der Waals surface area contributed by atoms with Gasteiger partial charge in [-0.1, -0.05) is 0 Å². The second-order valence-corrected chi connectivity index (χ2v) is 42.2. The number of nitrogens with zero attached hydrogens (tertiary/aromatic N) is 3. The van der Waals surface area contributed by atoms with E-state index in [9.17, 15) is 0 Å². The van der Waals surface area contributed by atoms with Crippen molar-refractivity contribution in [1.29, 1.82) is 0 Å². The van der Waals surface area contributed by atoms with Crippen LogP contribution in [-0.2, 0) is 0 Å². The summed E-state index contributed by atoms with van der Waals surface area (Å²) in [5.41, 5.74) is 7.70. The summed E-state index contributed by atoms with van der Waals surface area (Å²) in [6.45, 7) is 17.8. The van der Waals surface area contributed by atoms with Crippen LogP contribution in [0.25, 0.3) is 138 Å². The van der Waals surface area contributed by atoms with Crippen LogP contribution in [0.5, 0.6) is 0 Å². The van der Waals surface area contributed by atoms with Crippen molar-refractivity contribution < 1.29 is 0 Å². The van der Waals surface area contributed by atoms with E-state index in [0.717, 1.165) is 37.5 Å². The number of fused-ring (bicyclic) bond motifs is 1. The molecule has 0 aliphatic carbocycles. The third-order valence-electron chi connectivity index (χ3n) is 17.0. The number of nitrogens with one attached hydrogen (secondary N) is 1. The van der Waals surface area contributed by atoms with Crippen LogP contribution in [0.2, 0.25) is 0 Å². The number of thiophene rings is 16. The number of amidine groups is 1. The van der Waals surface area contributed by atoms with Crippen LogP contribution in [0.3, 0.4) is 0 Å². The molecule has 17 aromatic rings. The normalized spacial score (nSPS) is 13.1. The molecule has 98 heavy (non-hydrogen) atoms. The predicted octanol–water partition coefficient (Wildman–Crippen LogP) is 30.0. The van der Waals surface area contributed by atoms with E-state index in [2.05, 4.69) is 231 Å². The molecule has 1 atom stereocenters. The highest BCUT2D eigenvalue weighted by Crippen LogP contribution is 2.54. The maximum absolute atomic E-state index is 5.76. The first-order valence-corrected chi connectivity index (χ1v) is 44.5. The van der Waals surface area contributed by atoms with Gasteiger partial charge in [-0.2, -0.15) is 0 Å². The van der Waals surface area contributed by atoms with Crippen LogP contribution in [0.1, 0.15) is 63.3 Å². The SMILES string of the molecule is Cc1ccc(-c2ccc(-c3sc(-c4ccc(C5=Nc6c(-c7ccc(-c8cc(C)c(-c9ccc(-c%10ccc(C)s%10)s9)s8)s7)nc(-c7ccc(-c8cc(C)c(-c9ccc(-c%10ccc(C)s%10)s9)s8)s7)nc6C(c6ccc(-c7cc(C)c(-c8ccc(-c9ccc(C)s9)s8)s7)s6)N5)s4)cc3C)s2)s1. The van der Waals surface area contributed by atoms with Crippen molar-refractivity contribution in [3.05, 3.63) is 227 Å². The van der Waals surface area contributed by atoms with Crippen molar-refractivity contribution in [3.63, 3.8) is 0 Å². The average molecular weight is 1560 g/mol. The molecule has 0 bridgehead atoms. The highest BCUT2D eigenvalue weighted by atomic mass is 32.2. The zero-order valence-corrected chi connectivity index (χ0v) is 66.7. The zero-order valence-electron chi connectivity index (χ0n) is 53.6. The molecule has 0 radical (unpaired) electrons. The number of aliphatic imine (C=N–C) groups is 1. The Morgan fingerprint density at radius 1 is 0.255 bits per heavy atom. The number of aromatic nitrogens is 2. The maximum Gasteiger partial charge on any atom is 0.170 e. The molecule has 1 N–H and O–H groups in total. The Labute approximate surface area is 632 Å². The molecular formula is C78H54N4S16. The third-order valence-corrected chi connectivity index (χ3v) is 37.0. The predicted molar refractivity (Wildman–Crippen MR) is 446 cm³/mol. The fourth-order valence-electron chi connectivity index (χ4n) is 12.2. The Morgan fingerprint density at radius 2 is 0.541 bits per heavy atom. The molecule has 18 rings (SSSR count). The largest absolute Gasteiger partial charge is 0.356 e. The van der Waals surface area contributed by atoms with E-state index < -0.39 is 0 Å². The van der Waals surface area contributed by atoms with Crippen LogP contribution < -0.4 is 5.32 Å². The Balaban J connectivity index is 0.752. The fraction of sp³-hybridized carbons (Fsp3) is 0.115. The molecule has 4 nitrogen and oxygen atoms in total. The lowest BCUT2D eigenvalue weighted by Gasteiger charge is -2.26. The first-order chi connectivity index (χ1) is 47.7. The van der Waals surface area contributed by atoms with Gasteiger partial charge in [0, 0.05) is 141 Å². The van der Waals surface area contributed by atoms with Crippen LogP contribution in [0.4, 0.5) is 5.69 Å². The summed E-state index contributed by atoms with van der Waals surface area (Å²) in [4.78, 5) is 57.9. The molecule has 0 saturated heterocycles. The summed E-state index contributed by atoms with van der Waals surface area (Å²) >= 11 is 29.8. The lowest BCUT2D eigenvalue weighted by Crippen LogP contribution is -2.33. The number of rotatable bonds is 16. The molecular weight excluding hydrogens is 1510 g/mol. The van der Waals surface area contributed by atoms with E-state index in [-0.39, 0.29) is 6.04 Å². The van der Waals surface area contributed by atoms with Gasteiger partial charge in [-0.15, -0.1) is 181 Å². The van der Waals surface area contributed by atoms with Gasteiger partial charge < -0.3 is 5.32 Å². The van der Waals surface area contributed by atoms with Crippen molar-refractivity contribution in [1.82, 2.24) is 15.3 Å². The van der Waals surface area contributed by atoms with Gasteiger partial charge in [0.05, 0.1) is 20.3 Å². The minimum absolute atomic E-state index is 0.334. The molecule has 20 heteroatoms. The highest BCUT2D eigenvalue weighted by molar-refractivity contribution is 7.32. The monoisotopic (exact) mass is 1560 g/mol. The van der Waals surface area contributed by atoms with Crippen molar-refractivity contribution in [2.24, 2.45) is 4.99 Å². The topological polar surface area (TPSA) is 50.2 Å². The maximum atomic E-state index is 5.76. The summed E-state index contributed by atoms with van der Waals surface area (Å²) in [5.74, 6) is 1.53. The summed E-state index contributed by atoms with van der Waals surface area (Å²) in [6, 6.07) is 63.7. The summed E-state index contributed by atoms with van der Waals surface area (Å²) in [7, 11) is 0. The smallest absolute Gasteiger partial charge is 0.170 e. The van der Waals surface area contributed by atoms with Gasteiger partial charge in [0.1, 0.15) is 23.3 Å². The quantitative estimate of drug-likeness (QED) is 0.105. The Morgan fingerprint density at radius 3 is 0.929 bits per heavy atom. The molecule has 0 fully saturated rings. The molecule has 0 saturated carbocycles. The second kappa shape index (κ2) is 26.0. The zero-order chi connectivity index (χ0) is 66.2. The van der Waals surface area contributed by atoms with Crippen molar-refractivity contribution in [3.8, 4) is 138 Å². The van der Waals surface area contributed by atoms with E-state index in [1.165, 1.54) is 164 Å². The second-order valence-electron chi connectivity index (χ2n) is 24.1. The molecule has 18 heterocycles. The van der Waals surface area contributed by atoms with Gasteiger partial charge in [0.2, 0.25) is 0 Å². The molecule has 1 aliphatic heterocycles. The lowest BCUT2D eigenvalue weighted by atomic mass is 10.0. The minimum Gasteiger partial charge on any atom is -0.356 e. The molecule has 0 spiro atoms. The van der Waals surface area contributed by atoms with E-state index in [1.54, 1.807) is 34.0 Å². The molecule has 17 aromatic heterocycles. The summed E-state index contributed by atoms with van der Waals surface area (Å²) in [5, 5.41) is 4.10. The fourth-order valence-corrected chi connectivity index (χ4v) is 29.7. The van der Waals surface area contributed by atoms with Gasteiger partial charge in [0.15, 0.2) is 5.82 Å². The number of hydrogen-bond acceptors (Lipinski definition) is 20. The number of hydrogen-bond donors (Lipinski definition) is 1. The van der Waals surface area contributed by atoms with Crippen molar-refractivity contribution in [2.45, 2.75) is 61.4 Å². The van der Waals surface area contributed by atoms with Crippen LogP contribution in [0.15, 0.2) is 175 Å². The molecule has 0 aromatic carbocycles. The molecule has 482 valence electrons. The van der Waals surface area contributed by atoms with Gasteiger partial charge in [0.25, 0.3) is 0 Å². The lowest BCUT2D eigenvalue weighted by molar-refractivity contribution is 0.733. The first kappa shape index (κ1) is 63.9. The van der Waals surface area contributed by atoms with Gasteiger partial charge in [-0.3, -0.25) is 0 Å². The Bertz CT molecular complexity index is 5900. The molecule has 0 amide bonds. The Kier molecular flexibility index (Phi) is 16.9. The van der Waals surface area contributed by atoms with E-state index >= 15 is 0 Å².